The van der Waals surface area contributed by atoms with E-state index in [9.17, 15) is 0 Å². The second kappa shape index (κ2) is 6.78. The van der Waals surface area contributed by atoms with Crippen molar-refractivity contribution >= 4 is 11.6 Å². The van der Waals surface area contributed by atoms with Crippen LogP contribution in [0.1, 0.15) is 37.0 Å². The molecule has 0 heterocycles. The third kappa shape index (κ3) is 3.53. The van der Waals surface area contributed by atoms with Gasteiger partial charge in [-0.1, -0.05) is 55.8 Å². The van der Waals surface area contributed by atoms with E-state index in [1.807, 2.05) is 36.4 Å². The maximum atomic E-state index is 6.20. The number of hydrogen-bond acceptors (Lipinski definition) is 2. The summed E-state index contributed by atoms with van der Waals surface area (Å²) in [4.78, 5) is 0. The van der Waals surface area contributed by atoms with Gasteiger partial charge in [0.2, 0.25) is 0 Å². The molecule has 20 heavy (non-hydrogen) atoms. The number of ether oxygens (including phenoxy) is 1. The van der Waals surface area contributed by atoms with Crippen LogP contribution in [-0.2, 0) is 0 Å². The molecule has 0 amide bonds. The quantitative estimate of drug-likeness (QED) is 0.877. The molecule has 0 aliphatic carbocycles. The minimum absolute atomic E-state index is 0.228. The van der Waals surface area contributed by atoms with E-state index in [4.69, 9.17) is 22.1 Å². The highest BCUT2D eigenvalue weighted by Crippen LogP contribution is 2.27. The summed E-state index contributed by atoms with van der Waals surface area (Å²) < 4.78 is 5.96. The summed E-state index contributed by atoms with van der Waals surface area (Å²) in [7, 11) is 0. The highest BCUT2D eigenvalue weighted by Gasteiger charge is 2.14. The zero-order valence-electron chi connectivity index (χ0n) is 11.8. The molecule has 0 bridgehead atoms. The summed E-state index contributed by atoms with van der Waals surface area (Å²) in [6.45, 7) is 4.72. The molecule has 2 aromatic carbocycles. The van der Waals surface area contributed by atoms with Crippen molar-refractivity contribution in [3.05, 3.63) is 64.7 Å². The maximum absolute atomic E-state index is 6.20. The minimum atomic E-state index is -0.228. The fourth-order valence-electron chi connectivity index (χ4n) is 2.07. The Labute approximate surface area is 125 Å². The molecule has 1 unspecified atom stereocenters. The summed E-state index contributed by atoms with van der Waals surface area (Å²) in [5.74, 6) is 1.32. The highest BCUT2D eigenvalue weighted by atomic mass is 35.5. The van der Waals surface area contributed by atoms with E-state index in [1.54, 1.807) is 0 Å². The molecule has 0 fully saturated rings. The van der Waals surface area contributed by atoms with Gasteiger partial charge in [-0.15, -0.1) is 0 Å². The van der Waals surface area contributed by atoms with E-state index in [1.165, 1.54) is 5.56 Å². The van der Waals surface area contributed by atoms with Crippen molar-refractivity contribution < 1.29 is 4.74 Å². The molecule has 0 saturated heterocycles. The minimum Gasteiger partial charge on any atom is -0.484 e. The van der Waals surface area contributed by atoms with Crippen LogP contribution in [0.3, 0.4) is 0 Å². The van der Waals surface area contributed by atoms with Gasteiger partial charge in [0.15, 0.2) is 0 Å². The van der Waals surface area contributed by atoms with Gasteiger partial charge < -0.3 is 10.5 Å². The molecule has 0 spiro atoms. The lowest BCUT2D eigenvalue weighted by atomic mass is 10.0. The molecule has 2 N–H and O–H groups in total. The zero-order chi connectivity index (χ0) is 14.5. The van der Waals surface area contributed by atoms with Gasteiger partial charge in [-0.3, -0.25) is 0 Å². The summed E-state index contributed by atoms with van der Waals surface area (Å²) in [5, 5.41) is 0.682. The van der Waals surface area contributed by atoms with E-state index in [0.29, 0.717) is 17.5 Å². The second-order valence-corrected chi connectivity index (χ2v) is 5.49. The van der Waals surface area contributed by atoms with Crippen molar-refractivity contribution in [1.82, 2.24) is 0 Å². The monoisotopic (exact) mass is 289 g/mol. The number of hydrogen-bond donors (Lipinski definition) is 1. The smallest absolute Gasteiger partial charge is 0.137 e. The van der Waals surface area contributed by atoms with Crippen molar-refractivity contribution in [2.45, 2.75) is 25.9 Å². The molecule has 2 aromatic rings. The van der Waals surface area contributed by atoms with Gasteiger partial charge in [-0.2, -0.15) is 0 Å². The molecule has 0 aliphatic rings. The third-order valence-corrected chi connectivity index (χ3v) is 3.64. The van der Waals surface area contributed by atoms with Crippen LogP contribution >= 0.6 is 11.6 Å². The van der Waals surface area contributed by atoms with E-state index in [0.717, 1.165) is 11.3 Å². The molecule has 0 saturated carbocycles. The average molecular weight is 290 g/mol. The first kappa shape index (κ1) is 14.9. The van der Waals surface area contributed by atoms with Crippen molar-refractivity contribution in [3.8, 4) is 5.75 Å². The van der Waals surface area contributed by atoms with Gasteiger partial charge in [-0.05, 0) is 29.7 Å². The number of nitrogens with two attached hydrogens (primary N) is 1. The fraction of sp³-hybridized carbons (Fsp3) is 0.294. The maximum Gasteiger partial charge on any atom is 0.137 e. The first-order valence-corrected chi connectivity index (χ1v) is 7.20. The van der Waals surface area contributed by atoms with Gasteiger partial charge in [-0.25, -0.2) is 0 Å². The van der Waals surface area contributed by atoms with Gasteiger partial charge >= 0.3 is 0 Å². The van der Waals surface area contributed by atoms with E-state index >= 15 is 0 Å². The number of halogens is 1. The number of rotatable bonds is 5. The van der Waals surface area contributed by atoms with Gasteiger partial charge in [0, 0.05) is 17.1 Å². The molecule has 0 aromatic heterocycles. The van der Waals surface area contributed by atoms with Crippen LogP contribution in [0.4, 0.5) is 0 Å². The fourth-order valence-corrected chi connectivity index (χ4v) is 2.33. The van der Waals surface area contributed by atoms with Crippen molar-refractivity contribution in [2.24, 2.45) is 5.73 Å². The van der Waals surface area contributed by atoms with Gasteiger partial charge in [0.25, 0.3) is 0 Å². The predicted octanol–water partition coefficient (Wildman–Crippen LogP) is 4.54. The summed E-state index contributed by atoms with van der Waals surface area (Å²) >= 11 is 6.20. The Morgan fingerprint density at radius 1 is 1.05 bits per heavy atom. The van der Waals surface area contributed by atoms with E-state index in [2.05, 4.69) is 26.0 Å². The number of benzene rings is 2. The molecule has 0 aliphatic heterocycles. The van der Waals surface area contributed by atoms with Gasteiger partial charge in [0.05, 0.1) is 0 Å². The Morgan fingerprint density at radius 2 is 1.70 bits per heavy atom. The molecule has 1 atom stereocenters. The topological polar surface area (TPSA) is 35.2 Å². The van der Waals surface area contributed by atoms with Crippen LogP contribution < -0.4 is 10.5 Å². The van der Waals surface area contributed by atoms with Crippen molar-refractivity contribution in [3.63, 3.8) is 0 Å². The standard InChI is InChI=1S/C17H20ClNO/c1-12(2)13-7-9-14(10-8-13)20-17(11-19)15-5-3-4-6-16(15)18/h3-10,12,17H,11,19H2,1-2H3. The van der Waals surface area contributed by atoms with Gasteiger partial charge in [0.1, 0.15) is 11.9 Å². The Bertz CT molecular complexity index is 551. The summed E-state index contributed by atoms with van der Waals surface area (Å²) in [6.07, 6.45) is -0.228. The van der Waals surface area contributed by atoms with Crippen molar-refractivity contribution in [1.29, 1.82) is 0 Å². The van der Waals surface area contributed by atoms with Crippen LogP contribution in [0.25, 0.3) is 0 Å². The first-order chi connectivity index (χ1) is 9.61. The molecular formula is C17H20ClNO. The molecule has 2 rings (SSSR count). The first-order valence-electron chi connectivity index (χ1n) is 6.83. The zero-order valence-corrected chi connectivity index (χ0v) is 12.6. The largest absolute Gasteiger partial charge is 0.484 e. The Kier molecular flexibility index (Phi) is 5.05. The SMILES string of the molecule is CC(C)c1ccc(OC(CN)c2ccccc2Cl)cc1. The van der Waals surface area contributed by atoms with Crippen molar-refractivity contribution in [2.75, 3.05) is 6.54 Å². The summed E-state index contributed by atoms with van der Waals surface area (Å²) in [5.41, 5.74) is 8.03. The van der Waals surface area contributed by atoms with Crippen LogP contribution in [0.15, 0.2) is 48.5 Å². The molecule has 106 valence electrons. The van der Waals surface area contributed by atoms with Crippen LogP contribution in [0, 0.1) is 0 Å². The lowest BCUT2D eigenvalue weighted by Crippen LogP contribution is -2.18. The lowest BCUT2D eigenvalue weighted by molar-refractivity contribution is 0.214. The molecule has 3 heteroatoms. The molecule has 2 nitrogen and oxygen atoms in total. The third-order valence-electron chi connectivity index (χ3n) is 3.29. The average Bonchev–Trinajstić information content (AvgIpc) is 2.46. The van der Waals surface area contributed by atoms with Crippen LogP contribution in [0.2, 0.25) is 5.02 Å². The predicted molar refractivity (Wildman–Crippen MR) is 84.4 cm³/mol. The van der Waals surface area contributed by atoms with E-state index in [-0.39, 0.29) is 6.10 Å². The summed E-state index contributed by atoms with van der Waals surface area (Å²) in [6, 6.07) is 15.8. The second-order valence-electron chi connectivity index (χ2n) is 5.09. The van der Waals surface area contributed by atoms with Crippen LogP contribution in [0.5, 0.6) is 5.75 Å². The molecular weight excluding hydrogens is 270 g/mol. The highest BCUT2D eigenvalue weighted by molar-refractivity contribution is 6.31. The van der Waals surface area contributed by atoms with E-state index < -0.39 is 0 Å². The Morgan fingerprint density at radius 3 is 2.25 bits per heavy atom. The Hall–Kier alpha value is -1.51. The normalized spacial score (nSPS) is 12.4. The lowest BCUT2D eigenvalue weighted by Gasteiger charge is -2.19. The molecule has 0 radical (unpaired) electrons. The van der Waals surface area contributed by atoms with Crippen LogP contribution in [-0.4, -0.2) is 6.54 Å². The Balaban J connectivity index is 2.16.